The predicted octanol–water partition coefficient (Wildman–Crippen LogP) is 1.56. The van der Waals surface area contributed by atoms with E-state index < -0.39 is 5.54 Å². The first-order valence-electron chi connectivity index (χ1n) is 8.16. The minimum atomic E-state index is -0.628. The predicted molar refractivity (Wildman–Crippen MR) is 82.3 cm³/mol. The fraction of sp³-hybridized carbons (Fsp3) is 0.938. The van der Waals surface area contributed by atoms with Crippen LogP contribution in [-0.2, 0) is 14.3 Å². The molecule has 5 heteroatoms. The van der Waals surface area contributed by atoms with Gasteiger partial charge >= 0.3 is 5.97 Å². The molecule has 5 nitrogen and oxygen atoms in total. The number of likely N-dealkylation sites (N-methyl/N-ethyl adjacent to an activating group) is 1. The maximum Gasteiger partial charge on any atom is 0.325 e. The molecule has 2 rings (SSSR count). The van der Waals surface area contributed by atoms with E-state index in [9.17, 15) is 4.79 Å². The number of nitrogens with zero attached hydrogens (tertiary/aromatic N) is 1. The van der Waals surface area contributed by atoms with E-state index in [0.717, 1.165) is 19.6 Å². The lowest BCUT2D eigenvalue weighted by Gasteiger charge is -2.47. The lowest BCUT2D eigenvalue weighted by atomic mass is 9.87. The lowest BCUT2D eigenvalue weighted by Crippen LogP contribution is -2.59. The number of methoxy groups -OCH3 is 1. The van der Waals surface area contributed by atoms with Gasteiger partial charge in [-0.25, -0.2) is 0 Å². The summed E-state index contributed by atoms with van der Waals surface area (Å²) < 4.78 is 10.9. The smallest absolute Gasteiger partial charge is 0.325 e. The Morgan fingerprint density at radius 2 is 2.19 bits per heavy atom. The van der Waals surface area contributed by atoms with Gasteiger partial charge in [0.1, 0.15) is 5.54 Å². The second-order valence-corrected chi connectivity index (χ2v) is 6.63. The monoisotopic (exact) mass is 298 g/mol. The van der Waals surface area contributed by atoms with E-state index in [2.05, 4.69) is 17.1 Å². The molecule has 2 aliphatic rings. The zero-order valence-electron chi connectivity index (χ0n) is 13.9. The number of carbonyl (C=O) groups excluding carboxylic acids is 1. The van der Waals surface area contributed by atoms with Gasteiger partial charge in [0.2, 0.25) is 0 Å². The van der Waals surface area contributed by atoms with Crippen molar-refractivity contribution in [3.63, 3.8) is 0 Å². The number of morpholine rings is 1. The van der Waals surface area contributed by atoms with Gasteiger partial charge in [0.05, 0.1) is 19.8 Å². The molecule has 4 unspecified atom stereocenters. The summed E-state index contributed by atoms with van der Waals surface area (Å²) in [4.78, 5) is 14.6. The number of esters is 1. The number of nitrogens with one attached hydrogen (secondary N) is 1. The molecule has 1 saturated carbocycles. The average Bonchev–Trinajstić information content (AvgIpc) is 2.53. The number of hydrogen-bond donors (Lipinski definition) is 1. The van der Waals surface area contributed by atoms with Crippen LogP contribution < -0.4 is 5.32 Å². The Bertz CT molecular complexity index is 361. The van der Waals surface area contributed by atoms with Crippen molar-refractivity contribution in [2.24, 2.45) is 0 Å². The van der Waals surface area contributed by atoms with Gasteiger partial charge in [-0.2, -0.15) is 0 Å². The Kier molecular flexibility index (Phi) is 5.63. The molecule has 2 fully saturated rings. The quantitative estimate of drug-likeness (QED) is 0.781. The Morgan fingerprint density at radius 3 is 2.86 bits per heavy atom. The van der Waals surface area contributed by atoms with Gasteiger partial charge < -0.3 is 14.8 Å². The summed E-state index contributed by atoms with van der Waals surface area (Å²) in [5, 5.41) is 3.14. The van der Waals surface area contributed by atoms with E-state index in [1.54, 1.807) is 0 Å². The highest BCUT2D eigenvalue weighted by molar-refractivity contribution is 5.80. The SMILES string of the molecule is CNC(C)(CC(C)N1CCOC2CCCCC21)C(=O)OC. The Morgan fingerprint density at radius 1 is 1.48 bits per heavy atom. The van der Waals surface area contributed by atoms with Crippen molar-refractivity contribution < 1.29 is 14.3 Å². The zero-order chi connectivity index (χ0) is 15.5. The van der Waals surface area contributed by atoms with Crippen molar-refractivity contribution >= 4 is 5.97 Å². The molecule has 1 heterocycles. The fourth-order valence-electron chi connectivity index (χ4n) is 3.89. The number of ether oxygens (including phenoxy) is 2. The third-order valence-corrected chi connectivity index (χ3v) is 5.23. The highest BCUT2D eigenvalue weighted by Crippen LogP contribution is 2.31. The molecule has 1 saturated heterocycles. The molecule has 1 aliphatic carbocycles. The molecular weight excluding hydrogens is 268 g/mol. The summed E-state index contributed by atoms with van der Waals surface area (Å²) in [6.45, 7) is 5.91. The van der Waals surface area contributed by atoms with Crippen LogP contribution in [0.15, 0.2) is 0 Å². The van der Waals surface area contributed by atoms with Gasteiger partial charge in [-0.3, -0.25) is 9.69 Å². The van der Waals surface area contributed by atoms with Crippen LogP contribution in [0, 0.1) is 0 Å². The molecule has 1 aliphatic heterocycles. The first-order valence-corrected chi connectivity index (χ1v) is 8.16. The Labute approximate surface area is 128 Å². The summed E-state index contributed by atoms with van der Waals surface area (Å²) in [5.41, 5.74) is -0.628. The van der Waals surface area contributed by atoms with Crippen LogP contribution in [-0.4, -0.2) is 61.9 Å². The third kappa shape index (κ3) is 3.58. The van der Waals surface area contributed by atoms with Crippen LogP contribution in [0.25, 0.3) is 0 Å². The minimum Gasteiger partial charge on any atom is -0.468 e. The van der Waals surface area contributed by atoms with Crippen molar-refractivity contribution in [1.82, 2.24) is 10.2 Å². The molecule has 21 heavy (non-hydrogen) atoms. The van der Waals surface area contributed by atoms with E-state index >= 15 is 0 Å². The summed E-state index contributed by atoms with van der Waals surface area (Å²) in [6.07, 6.45) is 6.08. The Hall–Kier alpha value is -0.650. The highest BCUT2D eigenvalue weighted by Gasteiger charge is 2.40. The van der Waals surface area contributed by atoms with E-state index in [1.165, 1.54) is 32.8 Å². The van der Waals surface area contributed by atoms with Crippen LogP contribution >= 0.6 is 0 Å². The first kappa shape index (κ1) is 16.7. The fourth-order valence-corrected chi connectivity index (χ4v) is 3.89. The van der Waals surface area contributed by atoms with Crippen LogP contribution in [0.3, 0.4) is 0 Å². The minimum absolute atomic E-state index is 0.190. The van der Waals surface area contributed by atoms with Crippen molar-refractivity contribution in [3.05, 3.63) is 0 Å². The molecule has 122 valence electrons. The maximum atomic E-state index is 12.0. The number of fused-ring (bicyclic) bond motifs is 1. The van der Waals surface area contributed by atoms with Gasteiger partial charge in [0.25, 0.3) is 0 Å². The first-order chi connectivity index (χ1) is 10.0. The van der Waals surface area contributed by atoms with Crippen LogP contribution in [0.2, 0.25) is 0 Å². The van der Waals surface area contributed by atoms with Crippen molar-refractivity contribution in [2.45, 2.75) is 69.7 Å². The van der Waals surface area contributed by atoms with Crippen molar-refractivity contribution in [2.75, 3.05) is 27.3 Å². The van der Waals surface area contributed by atoms with E-state index in [-0.39, 0.29) is 5.97 Å². The summed E-state index contributed by atoms with van der Waals surface area (Å²) in [6, 6.07) is 0.845. The summed E-state index contributed by atoms with van der Waals surface area (Å²) >= 11 is 0. The van der Waals surface area contributed by atoms with E-state index in [0.29, 0.717) is 18.2 Å². The molecule has 0 aromatic carbocycles. The van der Waals surface area contributed by atoms with Gasteiger partial charge in [0, 0.05) is 18.6 Å². The van der Waals surface area contributed by atoms with E-state index in [1.807, 2.05) is 14.0 Å². The van der Waals surface area contributed by atoms with Crippen LogP contribution in [0.4, 0.5) is 0 Å². The number of hydrogen-bond acceptors (Lipinski definition) is 5. The van der Waals surface area contributed by atoms with Gasteiger partial charge in [-0.05, 0) is 40.2 Å². The standard InChI is InChI=1S/C16H30N2O3/c1-12(11-16(2,17-3)15(19)20-4)18-9-10-21-14-8-6-5-7-13(14)18/h12-14,17H,5-11H2,1-4H3. The zero-order valence-corrected chi connectivity index (χ0v) is 13.9. The second kappa shape index (κ2) is 7.07. The van der Waals surface area contributed by atoms with E-state index in [4.69, 9.17) is 9.47 Å². The summed E-state index contributed by atoms with van der Waals surface area (Å²) in [7, 11) is 3.28. The lowest BCUT2D eigenvalue weighted by molar-refractivity contribution is -0.149. The van der Waals surface area contributed by atoms with Crippen molar-refractivity contribution in [1.29, 1.82) is 0 Å². The topological polar surface area (TPSA) is 50.8 Å². The van der Waals surface area contributed by atoms with Crippen LogP contribution in [0.1, 0.15) is 46.0 Å². The average molecular weight is 298 g/mol. The largest absolute Gasteiger partial charge is 0.468 e. The molecule has 0 aromatic rings. The third-order valence-electron chi connectivity index (χ3n) is 5.23. The molecule has 0 radical (unpaired) electrons. The molecule has 0 amide bonds. The van der Waals surface area contributed by atoms with Gasteiger partial charge in [-0.1, -0.05) is 12.8 Å². The normalized spacial score (nSPS) is 31.0. The molecule has 0 bridgehead atoms. The maximum absolute atomic E-state index is 12.0. The number of carbonyl (C=O) groups is 1. The van der Waals surface area contributed by atoms with Gasteiger partial charge in [-0.15, -0.1) is 0 Å². The summed E-state index contributed by atoms with van der Waals surface area (Å²) in [5.74, 6) is -0.190. The molecular formula is C16H30N2O3. The van der Waals surface area contributed by atoms with Crippen molar-refractivity contribution in [3.8, 4) is 0 Å². The van der Waals surface area contributed by atoms with Crippen LogP contribution in [0.5, 0.6) is 0 Å². The molecule has 0 aromatic heterocycles. The molecule has 4 atom stereocenters. The second-order valence-electron chi connectivity index (χ2n) is 6.63. The molecule has 1 N–H and O–H groups in total. The Balaban J connectivity index is 2.04. The molecule has 0 spiro atoms. The van der Waals surface area contributed by atoms with Gasteiger partial charge in [0.15, 0.2) is 0 Å². The highest BCUT2D eigenvalue weighted by atomic mass is 16.5. The number of rotatable bonds is 5.